The van der Waals surface area contributed by atoms with Crippen molar-refractivity contribution in [2.45, 2.75) is 46.1 Å². The largest absolute Gasteiger partial charge is 0.469 e. The van der Waals surface area contributed by atoms with Crippen molar-refractivity contribution in [3.8, 4) is 0 Å². The van der Waals surface area contributed by atoms with Gasteiger partial charge in [0.1, 0.15) is 5.69 Å². The number of aryl methyl sites for hydroxylation is 2. The molecule has 2 rings (SSSR count). The van der Waals surface area contributed by atoms with Gasteiger partial charge in [0.25, 0.3) is 11.5 Å². The number of unbranched alkanes of at least 4 members (excludes halogenated alkanes) is 2. The van der Waals surface area contributed by atoms with E-state index in [0.717, 1.165) is 24.8 Å². The molecule has 7 nitrogen and oxygen atoms in total. The molecule has 0 radical (unpaired) electrons. The zero-order valence-corrected chi connectivity index (χ0v) is 15.5. The topological polar surface area (TPSA) is 90.3 Å². The fourth-order valence-corrected chi connectivity index (χ4v) is 2.81. The van der Waals surface area contributed by atoms with Crippen LogP contribution in [0.15, 0.2) is 23.0 Å². The van der Waals surface area contributed by atoms with Crippen LogP contribution in [0.2, 0.25) is 0 Å². The Balaban J connectivity index is 1.97. The molecule has 2 aromatic rings. The highest BCUT2D eigenvalue weighted by atomic mass is 16.5. The van der Waals surface area contributed by atoms with Gasteiger partial charge < -0.3 is 14.6 Å². The molecule has 0 bridgehead atoms. The number of carbonyl (C=O) groups is 2. The number of fused-ring (bicyclic) bond motifs is 1. The second-order valence-corrected chi connectivity index (χ2v) is 6.09. The molecule has 1 aromatic heterocycles. The van der Waals surface area contributed by atoms with Crippen LogP contribution in [-0.4, -0.2) is 35.1 Å². The summed E-state index contributed by atoms with van der Waals surface area (Å²) in [5.74, 6) is -0.382. The van der Waals surface area contributed by atoms with Gasteiger partial charge >= 0.3 is 5.97 Å². The van der Waals surface area contributed by atoms with E-state index < -0.39 is 0 Å². The molecule has 0 unspecified atom stereocenters. The van der Waals surface area contributed by atoms with Crippen molar-refractivity contribution in [1.82, 2.24) is 14.9 Å². The second-order valence-electron chi connectivity index (χ2n) is 6.09. The van der Waals surface area contributed by atoms with Gasteiger partial charge in [-0.25, -0.2) is 4.98 Å². The molecular weight excluding hydrogens is 334 g/mol. The highest BCUT2D eigenvalue weighted by Crippen LogP contribution is 2.13. The lowest BCUT2D eigenvalue weighted by Crippen LogP contribution is -2.25. The second kappa shape index (κ2) is 9.12. The van der Waals surface area contributed by atoms with Crippen LogP contribution >= 0.6 is 0 Å². The molecule has 1 N–H and O–H groups in total. The number of methoxy groups -OCH3 is 1. The van der Waals surface area contributed by atoms with Gasteiger partial charge in [-0.3, -0.25) is 14.4 Å². The van der Waals surface area contributed by atoms with Crippen molar-refractivity contribution in [1.29, 1.82) is 0 Å². The van der Waals surface area contributed by atoms with Crippen LogP contribution in [0, 0.1) is 6.92 Å². The molecule has 1 heterocycles. The summed E-state index contributed by atoms with van der Waals surface area (Å²) < 4.78 is 6.24. The molecule has 0 fully saturated rings. The molecule has 26 heavy (non-hydrogen) atoms. The van der Waals surface area contributed by atoms with E-state index in [1.807, 2.05) is 6.92 Å². The molecular formula is C19H25N3O4. The predicted molar refractivity (Wildman–Crippen MR) is 99.2 cm³/mol. The van der Waals surface area contributed by atoms with Crippen LogP contribution in [0.4, 0.5) is 0 Å². The summed E-state index contributed by atoms with van der Waals surface area (Å²) in [6.07, 6.45) is 2.79. The maximum absolute atomic E-state index is 12.3. The van der Waals surface area contributed by atoms with Gasteiger partial charge in [-0.05, 0) is 44.9 Å². The first-order valence-electron chi connectivity index (χ1n) is 8.84. The summed E-state index contributed by atoms with van der Waals surface area (Å²) in [7, 11) is 1.38. The molecule has 7 heteroatoms. The van der Waals surface area contributed by atoms with Gasteiger partial charge in [-0.1, -0.05) is 6.42 Å². The SMILES string of the molecule is CCn1c(=O)c(C)nc2cc(C(=O)NCCCCCC(=O)OC)ccc21. The summed E-state index contributed by atoms with van der Waals surface area (Å²) in [5.41, 5.74) is 2.18. The molecule has 140 valence electrons. The molecule has 0 atom stereocenters. The average molecular weight is 359 g/mol. The first-order valence-corrected chi connectivity index (χ1v) is 8.84. The number of rotatable bonds is 8. The molecule has 0 aliphatic carbocycles. The first kappa shape index (κ1) is 19.6. The number of carbonyl (C=O) groups excluding carboxylic acids is 2. The maximum Gasteiger partial charge on any atom is 0.305 e. The van der Waals surface area contributed by atoms with Crippen molar-refractivity contribution in [2.75, 3.05) is 13.7 Å². The number of nitrogens with one attached hydrogen (secondary N) is 1. The van der Waals surface area contributed by atoms with Gasteiger partial charge in [0.2, 0.25) is 0 Å². The number of amides is 1. The zero-order valence-electron chi connectivity index (χ0n) is 15.5. The summed E-state index contributed by atoms with van der Waals surface area (Å²) in [5, 5.41) is 2.87. The van der Waals surface area contributed by atoms with Crippen LogP contribution in [-0.2, 0) is 16.1 Å². The fourth-order valence-electron chi connectivity index (χ4n) is 2.81. The third-order valence-corrected chi connectivity index (χ3v) is 4.26. The van der Waals surface area contributed by atoms with Gasteiger partial charge in [-0.2, -0.15) is 0 Å². The lowest BCUT2D eigenvalue weighted by atomic mass is 10.1. The molecule has 0 saturated heterocycles. The van der Waals surface area contributed by atoms with Crippen LogP contribution in [0.5, 0.6) is 0 Å². The molecule has 0 saturated carbocycles. The quantitative estimate of drug-likeness (QED) is 0.576. The average Bonchev–Trinajstić information content (AvgIpc) is 2.64. The minimum Gasteiger partial charge on any atom is -0.469 e. The zero-order chi connectivity index (χ0) is 19.1. The number of nitrogens with zero attached hydrogens (tertiary/aromatic N) is 2. The Morgan fingerprint density at radius 2 is 2.00 bits per heavy atom. The lowest BCUT2D eigenvalue weighted by Gasteiger charge is -2.10. The van der Waals surface area contributed by atoms with Gasteiger partial charge in [0.15, 0.2) is 0 Å². The van der Waals surface area contributed by atoms with E-state index in [1.165, 1.54) is 7.11 Å². The van der Waals surface area contributed by atoms with Gasteiger partial charge in [0, 0.05) is 25.1 Å². The summed E-state index contributed by atoms with van der Waals surface area (Å²) in [6, 6.07) is 5.18. The molecule has 0 aliphatic rings. The number of aromatic nitrogens is 2. The first-order chi connectivity index (χ1) is 12.5. The van der Waals surface area contributed by atoms with Crippen LogP contribution in [0.25, 0.3) is 11.0 Å². The Labute approximate surface area is 152 Å². The Kier molecular flexibility index (Phi) is 6.89. The van der Waals surface area contributed by atoms with Crippen molar-refractivity contribution in [2.24, 2.45) is 0 Å². The predicted octanol–water partition coefficient (Wildman–Crippen LogP) is 2.19. The van der Waals surface area contributed by atoms with E-state index in [4.69, 9.17) is 0 Å². The smallest absolute Gasteiger partial charge is 0.305 e. The van der Waals surface area contributed by atoms with Crippen LogP contribution in [0.1, 0.15) is 48.7 Å². The van der Waals surface area contributed by atoms with Crippen molar-refractivity contribution in [3.05, 3.63) is 39.8 Å². The van der Waals surface area contributed by atoms with Crippen LogP contribution < -0.4 is 10.9 Å². The Morgan fingerprint density at radius 3 is 2.69 bits per heavy atom. The third kappa shape index (κ3) is 4.68. The number of ether oxygens (including phenoxy) is 1. The number of hydrogen-bond donors (Lipinski definition) is 1. The number of hydrogen-bond acceptors (Lipinski definition) is 5. The minimum absolute atomic E-state index is 0.107. The van der Waals surface area contributed by atoms with E-state index in [2.05, 4.69) is 15.0 Å². The van der Waals surface area contributed by atoms with Crippen molar-refractivity contribution in [3.63, 3.8) is 0 Å². The normalized spacial score (nSPS) is 10.7. The fraction of sp³-hybridized carbons (Fsp3) is 0.474. The summed E-state index contributed by atoms with van der Waals surface area (Å²) >= 11 is 0. The Morgan fingerprint density at radius 1 is 1.23 bits per heavy atom. The summed E-state index contributed by atoms with van der Waals surface area (Å²) in [4.78, 5) is 39.7. The maximum atomic E-state index is 12.3. The molecule has 1 amide bonds. The van der Waals surface area contributed by atoms with E-state index in [0.29, 0.717) is 36.3 Å². The van der Waals surface area contributed by atoms with E-state index in [1.54, 1.807) is 29.7 Å². The van der Waals surface area contributed by atoms with Crippen molar-refractivity contribution >= 4 is 22.9 Å². The standard InChI is InChI=1S/C19H25N3O4/c1-4-22-16-10-9-14(12-15(16)21-13(2)19(22)25)18(24)20-11-7-5-6-8-17(23)26-3/h9-10,12H,4-8,11H2,1-3H3,(H,20,24). The van der Waals surface area contributed by atoms with Gasteiger partial charge in [0.05, 0.1) is 18.1 Å². The Hall–Kier alpha value is -2.70. The molecule has 0 spiro atoms. The monoisotopic (exact) mass is 359 g/mol. The van der Waals surface area contributed by atoms with Gasteiger partial charge in [-0.15, -0.1) is 0 Å². The van der Waals surface area contributed by atoms with Crippen LogP contribution in [0.3, 0.4) is 0 Å². The third-order valence-electron chi connectivity index (χ3n) is 4.26. The highest BCUT2D eigenvalue weighted by Gasteiger charge is 2.11. The minimum atomic E-state index is -0.210. The number of benzene rings is 1. The van der Waals surface area contributed by atoms with E-state index >= 15 is 0 Å². The Bertz CT molecular complexity index is 858. The van der Waals surface area contributed by atoms with E-state index in [-0.39, 0.29) is 17.4 Å². The lowest BCUT2D eigenvalue weighted by molar-refractivity contribution is -0.140. The molecule has 1 aromatic carbocycles. The highest BCUT2D eigenvalue weighted by molar-refractivity contribution is 5.97. The molecule has 0 aliphatic heterocycles. The van der Waals surface area contributed by atoms with E-state index in [9.17, 15) is 14.4 Å². The summed E-state index contributed by atoms with van der Waals surface area (Å²) in [6.45, 7) is 4.67. The number of esters is 1. The van der Waals surface area contributed by atoms with Crippen molar-refractivity contribution < 1.29 is 14.3 Å².